The number of rotatable bonds is 2. The van der Waals surface area contributed by atoms with Gasteiger partial charge in [0.1, 0.15) is 0 Å². The molecule has 0 spiro atoms. The average Bonchev–Trinajstić information content (AvgIpc) is 1.88. The van der Waals surface area contributed by atoms with Crippen LogP contribution in [0.5, 0.6) is 0 Å². The summed E-state index contributed by atoms with van der Waals surface area (Å²) in [5, 5.41) is 4.38. The van der Waals surface area contributed by atoms with Crippen LogP contribution < -0.4 is 5.32 Å². The Hall–Kier alpha value is -0.0800. The van der Waals surface area contributed by atoms with E-state index in [0.29, 0.717) is 0 Å². The molecule has 0 N–H and O–H groups in total. The molecule has 0 aromatic heterocycles. The van der Waals surface area contributed by atoms with E-state index in [4.69, 9.17) is 0 Å². The molecule has 1 atom stereocenters. The summed E-state index contributed by atoms with van der Waals surface area (Å²) in [7, 11) is 4.27. The van der Waals surface area contributed by atoms with Gasteiger partial charge in [-0.1, -0.05) is 0 Å². The normalized spacial score (nSPS) is 27.3. The van der Waals surface area contributed by atoms with Gasteiger partial charge in [0.15, 0.2) is 0 Å². The van der Waals surface area contributed by atoms with Crippen molar-refractivity contribution in [1.82, 2.24) is 10.2 Å². The van der Waals surface area contributed by atoms with Crippen molar-refractivity contribution in [2.24, 2.45) is 5.92 Å². The Kier molecular flexibility index (Phi) is 3.16. The van der Waals surface area contributed by atoms with Crippen molar-refractivity contribution in [3.63, 3.8) is 0 Å². The third-order valence-corrected chi connectivity index (χ3v) is 1.94. The molecule has 1 radical (unpaired) electrons. The van der Waals surface area contributed by atoms with Crippen LogP contribution in [0, 0.1) is 5.92 Å². The van der Waals surface area contributed by atoms with Crippen molar-refractivity contribution in [1.29, 1.82) is 0 Å². The van der Waals surface area contributed by atoms with Gasteiger partial charge in [-0.15, -0.1) is 0 Å². The molecule has 1 aliphatic rings. The minimum absolute atomic E-state index is 0.837. The molecular formula is C8H17N2. The van der Waals surface area contributed by atoms with E-state index in [1.807, 2.05) is 0 Å². The summed E-state index contributed by atoms with van der Waals surface area (Å²) < 4.78 is 0. The minimum Gasteiger partial charge on any atom is -0.309 e. The summed E-state index contributed by atoms with van der Waals surface area (Å²) in [4.78, 5) is 2.26. The molecule has 1 fully saturated rings. The molecule has 0 bridgehead atoms. The first-order valence-corrected chi connectivity index (χ1v) is 4.07. The number of hydrogen-bond donors (Lipinski definition) is 0. The SMILES string of the molecule is CN(C)C[C@@H]1CCC[N]C1. The Morgan fingerprint density at radius 3 is 2.80 bits per heavy atom. The van der Waals surface area contributed by atoms with Crippen molar-refractivity contribution >= 4 is 0 Å². The lowest BCUT2D eigenvalue weighted by Gasteiger charge is -2.24. The summed E-state index contributed by atoms with van der Waals surface area (Å²) in [5.74, 6) is 0.837. The summed E-state index contributed by atoms with van der Waals surface area (Å²) >= 11 is 0. The van der Waals surface area contributed by atoms with E-state index in [-0.39, 0.29) is 0 Å². The van der Waals surface area contributed by atoms with Gasteiger partial charge in [0.25, 0.3) is 0 Å². The van der Waals surface area contributed by atoms with Crippen LogP contribution >= 0.6 is 0 Å². The molecule has 0 aromatic rings. The predicted molar refractivity (Wildman–Crippen MR) is 43.1 cm³/mol. The first-order chi connectivity index (χ1) is 4.79. The number of nitrogens with zero attached hydrogens (tertiary/aromatic N) is 2. The fraction of sp³-hybridized carbons (Fsp3) is 1.00. The highest BCUT2D eigenvalue weighted by atomic mass is 15.1. The second-order valence-electron chi connectivity index (χ2n) is 3.40. The third-order valence-electron chi connectivity index (χ3n) is 1.94. The van der Waals surface area contributed by atoms with Crippen molar-refractivity contribution in [3.05, 3.63) is 0 Å². The van der Waals surface area contributed by atoms with Gasteiger partial charge in [0, 0.05) is 19.6 Å². The topological polar surface area (TPSA) is 17.3 Å². The summed E-state index contributed by atoms with van der Waals surface area (Å²) in [6, 6.07) is 0. The van der Waals surface area contributed by atoms with E-state index in [9.17, 15) is 0 Å². The van der Waals surface area contributed by atoms with Crippen LogP contribution in [0.4, 0.5) is 0 Å². The zero-order chi connectivity index (χ0) is 7.40. The summed E-state index contributed by atoms with van der Waals surface area (Å²) in [5.41, 5.74) is 0. The standard InChI is InChI=1S/C8H17N2/c1-10(2)7-8-4-3-5-9-6-8/h8H,3-7H2,1-2H3/t8-/m1/s1. The molecule has 2 heteroatoms. The Labute approximate surface area is 63.6 Å². The molecule has 1 heterocycles. The lowest BCUT2D eigenvalue weighted by Crippen LogP contribution is -2.32. The highest BCUT2D eigenvalue weighted by Crippen LogP contribution is 2.10. The second-order valence-corrected chi connectivity index (χ2v) is 3.40. The molecule has 0 aromatic carbocycles. The molecule has 59 valence electrons. The second kappa shape index (κ2) is 3.94. The lowest BCUT2D eigenvalue weighted by atomic mass is 9.99. The molecule has 0 unspecified atom stereocenters. The summed E-state index contributed by atoms with van der Waals surface area (Å²) in [6.45, 7) is 3.41. The van der Waals surface area contributed by atoms with Gasteiger partial charge in [-0.2, -0.15) is 0 Å². The fourth-order valence-corrected chi connectivity index (χ4v) is 1.52. The zero-order valence-electron chi connectivity index (χ0n) is 7.01. The van der Waals surface area contributed by atoms with Gasteiger partial charge in [-0.05, 0) is 32.9 Å². The van der Waals surface area contributed by atoms with Crippen LogP contribution in [0.2, 0.25) is 0 Å². The van der Waals surface area contributed by atoms with Crippen LogP contribution in [-0.2, 0) is 0 Å². The van der Waals surface area contributed by atoms with Crippen LogP contribution in [0.3, 0.4) is 0 Å². The molecule has 2 nitrogen and oxygen atoms in total. The molecule has 10 heavy (non-hydrogen) atoms. The highest BCUT2D eigenvalue weighted by Gasteiger charge is 2.13. The Bertz CT molecular complexity index is 85.3. The molecular weight excluding hydrogens is 124 g/mol. The van der Waals surface area contributed by atoms with Gasteiger partial charge in [-0.25, -0.2) is 5.32 Å². The van der Waals surface area contributed by atoms with Crippen LogP contribution in [0.25, 0.3) is 0 Å². The third kappa shape index (κ3) is 2.67. The van der Waals surface area contributed by atoms with Crippen LogP contribution in [0.1, 0.15) is 12.8 Å². The van der Waals surface area contributed by atoms with Gasteiger partial charge in [0.2, 0.25) is 0 Å². The average molecular weight is 141 g/mol. The zero-order valence-corrected chi connectivity index (χ0v) is 7.01. The van der Waals surface area contributed by atoms with E-state index in [0.717, 1.165) is 19.0 Å². The van der Waals surface area contributed by atoms with Crippen LogP contribution in [0.15, 0.2) is 0 Å². The van der Waals surface area contributed by atoms with E-state index < -0.39 is 0 Å². The predicted octanol–water partition coefficient (Wildman–Crippen LogP) is 0.562. The van der Waals surface area contributed by atoms with Crippen molar-refractivity contribution in [2.75, 3.05) is 33.7 Å². The van der Waals surface area contributed by atoms with Gasteiger partial charge < -0.3 is 4.90 Å². The molecule has 0 aliphatic carbocycles. The maximum absolute atomic E-state index is 4.38. The van der Waals surface area contributed by atoms with Crippen LogP contribution in [-0.4, -0.2) is 38.6 Å². The van der Waals surface area contributed by atoms with Gasteiger partial charge in [-0.3, -0.25) is 0 Å². The Morgan fingerprint density at radius 1 is 1.50 bits per heavy atom. The Balaban J connectivity index is 2.13. The summed E-state index contributed by atoms with van der Waals surface area (Å²) in [6.07, 6.45) is 2.68. The van der Waals surface area contributed by atoms with Crippen molar-refractivity contribution < 1.29 is 0 Å². The monoisotopic (exact) mass is 141 g/mol. The highest BCUT2D eigenvalue weighted by molar-refractivity contribution is 4.69. The Morgan fingerprint density at radius 2 is 2.30 bits per heavy atom. The maximum Gasteiger partial charge on any atom is 0.0173 e. The molecule has 1 rings (SSSR count). The quantitative estimate of drug-likeness (QED) is 0.549. The number of hydrogen-bond acceptors (Lipinski definition) is 1. The first kappa shape index (κ1) is 8.02. The lowest BCUT2D eigenvalue weighted by molar-refractivity contribution is 0.274. The van der Waals surface area contributed by atoms with E-state index in [1.165, 1.54) is 19.4 Å². The fourth-order valence-electron chi connectivity index (χ4n) is 1.52. The van der Waals surface area contributed by atoms with Crippen molar-refractivity contribution in [3.8, 4) is 0 Å². The molecule has 1 saturated heterocycles. The van der Waals surface area contributed by atoms with E-state index >= 15 is 0 Å². The first-order valence-electron chi connectivity index (χ1n) is 4.07. The molecule has 0 amide bonds. The van der Waals surface area contributed by atoms with E-state index in [2.05, 4.69) is 24.3 Å². The number of piperidine rings is 1. The maximum atomic E-state index is 4.38. The largest absolute Gasteiger partial charge is 0.309 e. The minimum atomic E-state index is 0.837. The smallest absolute Gasteiger partial charge is 0.0173 e. The van der Waals surface area contributed by atoms with Crippen molar-refractivity contribution in [2.45, 2.75) is 12.8 Å². The van der Waals surface area contributed by atoms with Gasteiger partial charge in [0.05, 0.1) is 0 Å². The molecule has 1 aliphatic heterocycles. The van der Waals surface area contributed by atoms with Gasteiger partial charge >= 0.3 is 0 Å². The van der Waals surface area contributed by atoms with E-state index in [1.54, 1.807) is 0 Å². The molecule has 0 saturated carbocycles.